The van der Waals surface area contributed by atoms with Crippen LogP contribution in [0.25, 0.3) is 11.1 Å². The minimum absolute atomic E-state index is 0.0229. The van der Waals surface area contributed by atoms with Crippen molar-refractivity contribution in [2.24, 2.45) is 11.7 Å². The van der Waals surface area contributed by atoms with E-state index in [-0.39, 0.29) is 24.2 Å². The molecule has 2 aromatic carbocycles. The van der Waals surface area contributed by atoms with Gasteiger partial charge in [0.1, 0.15) is 0 Å². The molecule has 0 saturated carbocycles. The van der Waals surface area contributed by atoms with Crippen LogP contribution in [0, 0.1) is 5.92 Å². The first kappa shape index (κ1) is 15.3. The Hall–Kier alpha value is -2.62. The highest BCUT2D eigenvalue weighted by Gasteiger charge is 2.32. The minimum Gasteiger partial charge on any atom is -0.369 e. The third-order valence-corrected chi connectivity index (χ3v) is 4.35. The Bertz CT molecular complexity index is 695. The number of nitrogens with two attached hydrogens (primary N) is 1. The van der Waals surface area contributed by atoms with E-state index in [1.165, 1.54) is 16.7 Å². The highest BCUT2D eigenvalue weighted by Crippen LogP contribution is 2.21. The number of rotatable bonds is 5. The van der Waals surface area contributed by atoms with Crippen LogP contribution >= 0.6 is 0 Å². The Labute approximate surface area is 135 Å². The third kappa shape index (κ3) is 3.59. The fourth-order valence-electron chi connectivity index (χ4n) is 2.94. The molecule has 1 heterocycles. The molecule has 0 aliphatic carbocycles. The first-order valence-electron chi connectivity index (χ1n) is 7.85. The van der Waals surface area contributed by atoms with Crippen LogP contribution in [0.1, 0.15) is 12.0 Å². The van der Waals surface area contributed by atoms with Gasteiger partial charge in [-0.25, -0.2) is 0 Å². The highest BCUT2D eigenvalue weighted by molar-refractivity contribution is 5.88. The molecular weight excluding hydrogens is 288 g/mol. The fourth-order valence-corrected chi connectivity index (χ4v) is 2.94. The molecular formula is C19H20N2O2. The molecule has 1 unspecified atom stereocenters. The van der Waals surface area contributed by atoms with E-state index < -0.39 is 0 Å². The number of amides is 2. The van der Waals surface area contributed by atoms with Gasteiger partial charge in [-0.3, -0.25) is 9.59 Å². The molecule has 4 heteroatoms. The molecule has 2 amide bonds. The second kappa shape index (κ2) is 6.65. The number of carbonyl (C=O) groups excluding carboxylic acids is 2. The molecule has 118 valence electrons. The van der Waals surface area contributed by atoms with Gasteiger partial charge in [-0.15, -0.1) is 0 Å². The van der Waals surface area contributed by atoms with Crippen molar-refractivity contribution in [3.8, 4) is 11.1 Å². The maximum Gasteiger partial charge on any atom is 0.223 e. The van der Waals surface area contributed by atoms with Crippen molar-refractivity contribution in [1.29, 1.82) is 0 Å². The van der Waals surface area contributed by atoms with E-state index in [9.17, 15) is 9.59 Å². The summed E-state index contributed by atoms with van der Waals surface area (Å²) in [5.74, 6) is -0.689. The zero-order valence-electron chi connectivity index (χ0n) is 12.9. The predicted molar refractivity (Wildman–Crippen MR) is 89.5 cm³/mol. The quantitative estimate of drug-likeness (QED) is 0.920. The molecule has 3 rings (SSSR count). The van der Waals surface area contributed by atoms with Crippen LogP contribution in [-0.2, 0) is 16.0 Å². The molecule has 1 saturated heterocycles. The Balaban J connectivity index is 1.59. The van der Waals surface area contributed by atoms with Gasteiger partial charge >= 0.3 is 0 Å². The number of hydrogen-bond donors (Lipinski definition) is 1. The fraction of sp³-hybridized carbons (Fsp3) is 0.263. The number of primary amides is 1. The lowest BCUT2D eigenvalue weighted by Gasteiger charge is -2.16. The van der Waals surface area contributed by atoms with Gasteiger partial charge < -0.3 is 10.6 Å². The SMILES string of the molecule is NC(=O)C1CC(=O)N(CCc2ccc(-c3ccccc3)cc2)C1. The third-order valence-electron chi connectivity index (χ3n) is 4.35. The van der Waals surface area contributed by atoms with Crippen molar-refractivity contribution >= 4 is 11.8 Å². The number of hydrogen-bond acceptors (Lipinski definition) is 2. The molecule has 23 heavy (non-hydrogen) atoms. The number of benzene rings is 2. The molecule has 0 bridgehead atoms. The Morgan fingerprint density at radius 2 is 1.70 bits per heavy atom. The van der Waals surface area contributed by atoms with Crippen molar-refractivity contribution in [3.05, 3.63) is 60.2 Å². The lowest BCUT2D eigenvalue weighted by molar-refractivity contribution is -0.128. The standard InChI is InChI=1S/C19H20N2O2/c20-19(23)17-12-18(22)21(13-17)11-10-14-6-8-16(9-7-14)15-4-2-1-3-5-15/h1-9,17H,10-13H2,(H2,20,23). The van der Waals surface area contributed by atoms with Gasteiger partial charge in [0.2, 0.25) is 11.8 Å². The molecule has 0 spiro atoms. The lowest BCUT2D eigenvalue weighted by Crippen LogP contribution is -2.30. The van der Waals surface area contributed by atoms with Crippen LogP contribution < -0.4 is 5.73 Å². The molecule has 2 aromatic rings. The van der Waals surface area contributed by atoms with Gasteiger partial charge in [-0.2, -0.15) is 0 Å². The lowest BCUT2D eigenvalue weighted by atomic mass is 10.0. The zero-order valence-corrected chi connectivity index (χ0v) is 12.9. The van der Waals surface area contributed by atoms with Crippen molar-refractivity contribution in [1.82, 2.24) is 4.90 Å². The van der Waals surface area contributed by atoms with E-state index in [4.69, 9.17) is 5.73 Å². The van der Waals surface area contributed by atoms with Crippen LogP contribution in [0.15, 0.2) is 54.6 Å². The second-order valence-electron chi connectivity index (χ2n) is 5.96. The molecule has 1 aliphatic rings. The average molecular weight is 308 g/mol. The number of nitrogens with zero attached hydrogens (tertiary/aromatic N) is 1. The van der Waals surface area contributed by atoms with E-state index in [1.807, 2.05) is 18.2 Å². The average Bonchev–Trinajstić information content (AvgIpc) is 2.96. The van der Waals surface area contributed by atoms with Crippen molar-refractivity contribution in [2.75, 3.05) is 13.1 Å². The maximum atomic E-state index is 11.9. The van der Waals surface area contributed by atoms with Gasteiger partial charge in [0.25, 0.3) is 0 Å². The molecule has 0 radical (unpaired) electrons. The van der Waals surface area contributed by atoms with E-state index in [2.05, 4.69) is 36.4 Å². The van der Waals surface area contributed by atoms with Crippen molar-refractivity contribution in [2.45, 2.75) is 12.8 Å². The number of carbonyl (C=O) groups is 2. The van der Waals surface area contributed by atoms with Crippen molar-refractivity contribution < 1.29 is 9.59 Å². The van der Waals surface area contributed by atoms with Gasteiger partial charge in [0.05, 0.1) is 5.92 Å². The van der Waals surface area contributed by atoms with Crippen LogP contribution in [0.5, 0.6) is 0 Å². The summed E-state index contributed by atoms with van der Waals surface area (Å²) >= 11 is 0. The zero-order chi connectivity index (χ0) is 16.2. The molecule has 2 N–H and O–H groups in total. The van der Waals surface area contributed by atoms with E-state index in [0.717, 1.165) is 6.42 Å². The first-order valence-corrected chi connectivity index (χ1v) is 7.85. The van der Waals surface area contributed by atoms with Crippen LogP contribution in [0.2, 0.25) is 0 Å². The monoisotopic (exact) mass is 308 g/mol. The Kier molecular flexibility index (Phi) is 4.42. The largest absolute Gasteiger partial charge is 0.369 e. The van der Waals surface area contributed by atoms with E-state index >= 15 is 0 Å². The molecule has 1 atom stereocenters. The van der Waals surface area contributed by atoms with E-state index in [1.54, 1.807) is 4.90 Å². The number of likely N-dealkylation sites (tertiary alicyclic amines) is 1. The summed E-state index contributed by atoms with van der Waals surface area (Å²) in [6, 6.07) is 18.6. The van der Waals surface area contributed by atoms with Gasteiger partial charge in [0, 0.05) is 19.5 Å². The topological polar surface area (TPSA) is 63.4 Å². The Morgan fingerprint density at radius 1 is 1.04 bits per heavy atom. The molecule has 0 aromatic heterocycles. The van der Waals surface area contributed by atoms with Gasteiger partial charge in [0.15, 0.2) is 0 Å². The summed E-state index contributed by atoms with van der Waals surface area (Å²) in [4.78, 5) is 24.8. The van der Waals surface area contributed by atoms with Crippen LogP contribution in [0.3, 0.4) is 0 Å². The Morgan fingerprint density at radius 3 is 2.30 bits per heavy atom. The van der Waals surface area contributed by atoms with Crippen LogP contribution in [0.4, 0.5) is 0 Å². The predicted octanol–water partition coefficient (Wildman–Crippen LogP) is 2.23. The normalized spacial score (nSPS) is 17.5. The van der Waals surface area contributed by atoms with Gasteiger partial charge in [-0.1, -0.05) is 54.6 Å². The summed E-state index contributed by atoms with van der Waals surface area (Å²) in [6.07, 6.45) is 1.04. The summed E-state index contributed by atoms with van der Waals surface area (Å²) < 4.78 is 0. The molecule has 1 aliphatic heterocycles. The first-order chi connectivity index (χ1) is 11.1. The minimum atomic E-state index is -0.381. The van der Waals surface area contributed by atoms with Crippen molar-refractivity contribution in [3.63, 3.8) is 0 Å². The maximum absolute atomic E-state index is 11.9. The summed E-state index contributed by atoms with van der Waals surface area (Å²) in [7, 11) is 0. The molecule has 4 nitrogen and oxygen atoms in total. The summed E-state index contributed by atoms with van der Waals surface area (Å²) in [5.41, 5.74) is 8.84. The van der Waals surface area contributed by atoms with Crippen LogP contribution in [-0.4, -0.2) is 29.8 Å². The summed E-state index contributed by atoms with van der Waals surface area (Å²) in [6.45, 7) is 1.09. The van der Waals surface area contributed by atoms with E-state index in [0.29, 0.717) is 13.1 Å². The molecule has 1 fully saturated rings. The highest BCUT2D eigenvalue weighted by atomic mass is 16.2. The van der Waals surface area contributed by atoms with Gasteiger partial charge in [-0.05, 0) is 23.1 Å². The smallest absolute Gasteiger partial charge is 0.223 e. The summed E-state index contributed by atoms with van der Waals surface area (Å²) in [5, 5.41) is 0. The second-order valence-corrected chi connectivity index (χ2v) is 5.96.